The van der Waals surface area contributed by atoms with E-state index in [2.05, 4.69) is 5.32 Å². The standard InChI is InChI=1S/C5H10NO2/c1-5(8)6-3-2-4-7/h2-4H2,1H3,(H,6,8). The highest BCUT2D eigenvalue weighted by Crippen LogP contribution is 1.70. The van der Waals surface area contributed by atoms with Crippen LogP contribution in [0, 0.1) is 0 Å². The monoisotopic (exact) mass is 116 g/mol. The van der Waals surface area contributed by atoms with Crippen molar-refractivity contribution in [3.05, 3.63) is 0 Å². The summed E-state index contributed by atoms with van der Waals surface area (Å²) in [5.41, 5.74) is 0. The molecule has 0 rings (SSSR count). The minimum Gasteiger partial charge on any atom is -0.356 e. The Morgan fingerprint density at radius 1 is 1.62 bits per heavy atom. The van der Waals surface area contributed by atoms with E-state index in [0.29, 0.717) is 13.0 Å². The van der Waals surface area contributed by atoms with Gasteiger partial charge >= 0.3 is 0 Å². The zero-order chi connectivity index (χ0) is 6.41. The van der Waals surface area contributed by atoms with Crippen LogP contribution >= 0.6 is 0 Å². The van der Waals surface area contributed by atoms with E-state index in [1.54, 1.807) is 0 Å². The Balaban J connectivity index is 2.82. The van der Waals surface area contributed by atoms with Gasteiger partial charge < -0.3 is 5.32 Å². The molecular weight excluding hydrogens is 106 g/mol. The second-order valence-corrected chi connectivity index (χ2v) is 1.54. The fourth-order valence-corrected chi connectivity index (χ4v) is 0.337. The van der Waals surface area contributed by atoms with Crippen molar-refractivity contribution in [1.82, 2.24) is 5.32 Å². The molecule has 0 aliphatic heterocycles. The molecule has 47 valence electrons. The maximum atomic E-state index is 10.1. The van der Waals surface area contributed by atoms with Crippen LogP contribution < -0.4 is 5.32 Å². The third kappa shape index (κ3) is 5.43. The van der Waals surface area contributed by atoms with Crippen molar-refractivity contribution >= 4 is 5.91 Å². The van der Waals surface area contributed by atoms with Crippen LogP contribution in [0.15, 0.2) is 0 Å². The van der Waals surface area contributed by atoms with E-state index in [1.807, 2.05) is 0 Å². The van der Waals surface area contributed by atoms with Gasteiger partial charge in [-0.25, -0.2) is 5.11 Å². The first-order chi connectivity index (χ1) is 3.77. The maximum absolute atomic E-state index is 10.1. The molecule has 0 saturated heterocycles. The Labute approximate surface area is 48.7 Å². The maximum Gasteiger partial charge on any atom is 0.216 e. The molecule has 8 heavy (non-hydrogen) atoms. The number of hydrogen-bond acceptors (Lipinski definition) is 1. The van der Waals surface area contributed by atoms with Gasteiger partial charge in [0.1, 0.15) is 0 Å². The molecule has 1 N–H and O–H groups in total. The van der Waals surface area contributed by atoms with Gasteiger partial charge in [0.05, 0.1) is 6.61 Å². The summed E-state index contributed by atoms with van der Waals surface area (Å²) in [6, 6.07) is 0. The first-order valence-electron chi connectivity index (χ1n) is 2.60. The smallest absolute Gasteiger partial charge is 0.216 e. The molecule has 0 heterocycles. The van der Waals surface area contributed by atoms with Gasteiger partial charge in [-0.05, 0) is 6.42 Å². The summed E-state index contributed by atoms with van der Waals surface area (Å²) in [6.45, 7) is 1.84. The predicted molar refractivity (Wildman–Crippen MR) is 28.9 cm³/mol. The molecule has 0 aromatic carbocycles. The molecule has 0 aliphatic carbocycles. The van der Waals surface area contributed by atoms with Gasteiger partial charge in [-0.15, -0.1) is 0 Å². The van der Waals surface area contributed by atoms with E-state index in [9.17, 15) is 9.90 Å². The number of amides is 1. The lowest BCUT2D eigenvalue weighted by Crippen LogP contribution is -2.21. The number of carbonyl (C=O) groups excluding carboxylic acids is 1. The normalized spacial score (nSPS) is 8.75. The van der Waals surface area contributed by atoms with E-state index < -0.39 is 0 Å². The molecule has 0 unspecified atom stereocenters. The zero-order valence-corrected chi connectivity index (χ0v) is 4.94. The quantitative estimate of drug-likeness (QED) is 0.516. The Morgan fingerprint density at radius 2 is 2.25 bits per heavy atom. The van der Waals surface area contributed by atoms with E-state index in [0.717, 1.165) is 0 Å². The molecule has 0 saturated carbocycles. The van der Waals surface area contributed by atoms with Gasteiger partial charge in [0.25, 0.3) is 0 Å². The molecule has 0 aromatic rings. The first kappa shape index (κ1) is 7.43. The summed E-state index contributed by atoms with van der Waals surface area (Å²) < 4.78 is 0. The van der Waals surface area contributed by atoms with Gasteiger partial charge in [0.15, 0.2) is 0 Å². The Morgan fingerprint density at radius 3 is 2.62 bits per heavy atom. The topological polar surface area (TPSA) is 49.0 Å². The lowest BCUT2D eigenvalue weighted by Gasteiger charge is -1.95. The molecule has 3 heteroatoms. The number of rotatable bonds is 3. The molecular formula is C5H10NO2. The fraction of sp³-hybridized carbons (Fsp3) is 0.800. The second kappa shape index (κ2) is 4.59. The van der Waals surface area contributed by atoms with Crippen molar-refractivity contribution in [2.24, 2.45) is 0 Å². The third-order valence-electron chi connectivity index (χ3n) is 0.695. The molecule has 0 bridgehead atoms. The fourth-order valence-electron chi connectivity index (χ4n) is 0.337. The summed E-state index contributed by atoms with van der Waals surface area (Å²) in [5, 5.41) is 12.3. The Kier molecular flexibility index (Phi) is 4.26. The van der Waals surface area contributed by atoms with Crippen LogP contribution in [0.25, 0.3) is 0 Å². The number of carbonyl (C=O) groups is 1. The average Bonchev–Trinajstić information content (AvgIpc) is 1.66. The summed E-state index contributed by atoms with van der Waals surface area (Å²) >= 11 is 0. The largest absolute Gasteiger partial charge is 0.356 e. The number of hydrogen-bond donors (Lipinski definition) is 1. The first-order valence-corrected chi connectivity index (χ1v) is 2.60. The van der Waals surface area contributed by atoms with E-state index in [1.165, 1.54) is 6.92 Å². The summed E-state index contributed by atoms with van der Waals surface area (Å²) in [6.07, 6.45) is 0.527. The van der Waals surface area contributed by atoms with E-state index >= 15 is 0 Å². The van der Waals surface area contributed by atoms with Gasteiger partial charge in [0, 0.05) is 13.5 Å². The molecule has 0 fully saturated rings. The average molecular weight is 116 g/mol. The van der Waals surface area contributed by atoms with Crippen LogP contribution in [0.2, 0.25) is 0 Å². The van der Waals surface area contributed by atoms with Crippen LogP contribution in [-0.4, -0.2) is 19.1 Å². The number of nitrogens with one attached hydrogen (secondary N) is 1. The summed E-state index contributed by atoms with van der Waals surface area (Å²) in [7, 11) is 0. The lowest BCUT2D eigenvalue weighted by molar-refractivity contribution is -0.118. The molecule has 0 spiro atoms. The van der Waals surface area contributed by atoms with Crippen molar-refractivity contribution in [3.63, 3.8) is 0 Å². The van der Waals surface area contributed by atoms with Crippen LogP contribution in [0.3, 0.4) is 0 Å². The lowest BCUT2D eigenvalue weighted by atomic mass is 10.4. The van der Waals surface area contributed by atoms with Crippen LogP contribution in [0.1, 0.15) is 13.3 Å². The highest BCUT2D eigenvalue weighted by atomic mass is 16.3. The van der Waals surface area contributed by atoms with Crippen LogP contribution in [-0.2, 0) is 9.90 Å². The van der Waals surface area contributed by atoms with E-state index in [-0.39, 0.29) is 12.5 Å². The molecule has 1 radical (unpaired) electrons. The van der Waals surface area contributed by atoms with Gasteiger partial charge in [0.2, 0.25) is 5.91 Å². The SMILES string of the molecule is CC(=O)NCCC[O]. The van der Waals surface area contributed by atoms with Crippen molar-refractivity contribution in [2.75, 3.05) is 13.2 Å². The molecule has 0 aliphatic rings. The highest BCUT2D eigenvalue weighted by molar-refractivity contribution is 5.72. The van der Waals surface area contributed by atoms with Crippen LogP contribution in [0.4, 0.5) is 0 Å². The second-order valence-electron chi connectivity index (χ2n) is 1.54. The molecule has 3 nitrogen and oxygen atoms in total. The molecule has 0 atom stereocenters. The molecule has 1 amide bonds. The third-order valence-corrected chi connectivity index (χ3v) is 0.695. The minimum absolute atomic E-state index is 0.0709. The van der Waals surface area contributed by atoms with Gasteiger partial charge in [-0.2, -0.15) is 0 Å². The summed E-state index contributed by atoms with van der Waals surface area (Å²) in [4.78, 5) is 10.1. The van der Waals surface area contributed by atoms with Crippen molar-refractivity contribution in [2.45, 2.75) is 13.3 Å². The van der Waals surface area contributed by atoms with Crippen LogP contribution in [0.5, 0.6) is 0 Å². The van der Waals surface area contributed by atoms with Gasteiger partial charge in [-0.1, -0.05) is 0 Å². The summed E-state index contributed by atoms with van der Waals surface area (Å²) in [5.74, 6) is -0.0709. The Bertz CT molecular complexity index is 72.8. The van der Waals surface area contributed by atoms with Crippen molar-refractivity contribution < 1.29 is 9.90 Å². The predicted octanol–water partition coefficient (Wildman–Crippen LogP) is -0.0569. The molecule has 0 aromatic heterocycles. The Hall–Kier alpha value is -0.570. The minimum atomic E-state index is -0.111. The van der Waals surface area contributed by atoms with Gasteiger partial charge in [-0.3, -0.25) is 4.79 Å². The van der Waals surface area contributed by atoms with E-state index in [4.69, 9.17) is 0 Å². The highest BCUT2D eigenvalue weighted by Gasteiger charge is 1.87. The zero-order valence-electron chi connectivity index (χ0n) is 4.94. The van der Waals surface area contributed by atoms with Crippen molar-refractivity contribution in [3.8, 4) is 0 Å². The van der Waals surface area contributed by atoms with Crippen molar-refractivity contribution in [1.29, 1.82) is 0 Å².